The molecule has 104 valence electrons. The fraction of sp³-hybridized carbons (Fsp3) is 0.750. The molecule has 1 heterocycles. The van der Waals surface area contributed by atoms with Gasteiger partial charge in [0.2, 0.25) is 0 Å². The molecule has 0 amide bonds. The summed E-state index contributed by atoms with van der Waals surface area (Å²) in [6, 6.07) is 0. The van der Waals surface area contributed by atoms with Crippen molar-refractivity contribution in [1.29, 1.82) is 0 Å². The summed E-state index contributed by atoms with van der Waals surface area (Å²) >= 11 is 0. The molecule has 0 radical (unpaired) electrons. The molecule has 1 unspecified atom stereocenters. The van der Waals surface area contributed by atoms with Crippen LogP contribution in [-0.4, -0.2) is 48.8 Å². The van der Waals surface area contributed by atoms with Crippen molar-refractivity contribution in [1.82, 2.24) is 15.1 Å². The Morgan fingerprint density at radius 3 is 2.78 bits per heavy atom. The molecule has 0 saturated carbocycles. The smallest absolute Gasteiger partial charge is 0.162 e. The summed E-state index contributed by atoms with van der Waals surface area (Å²) < 4.78 is 11.9. The number of aryl methyl sites for hydroxylation is 1. The van der Waals surface area contributed by atoms with E-state index < -0.39 is 5.60 Å². The average Bonchev–Trinajstić information content (AvgIpc) is 2.78. The zero-order chi connectivity index (χ0) is 13.6. The first-order chi connectivity index (χ1) is 8.56. The molecule has 0 fully saturated rings. The standard InChI is InChI=1S/C12H23N3O3/c1-5-15-11(10(18-4)8-14-15)12(2,16)9-13-6-7-17-3/h8,13,16H,5-7,9H2,1-4H3. The summed E-state index contributed by atoms with van der Waals surface area (Å²) in [4.78, 5) is 0. The molecule has 1 rings (SSSR count). The minimum atomic E-state index is -1.04. The lowest BCUT2D eigenvalue weighted by atomic mass is 10.0. The molecule has 1 aromatic rings. The van der Waals surface area contributed by atoms with Crippen LogP contribution in [0.1, 0.15) is 19.5 Å². The first-order valence-electron chi connectivity index (χ1n) is 6.09. The number of hydrogen-bond donors (Lipinski definition) is 2. The first-order valence-corrected chi connectivity index (χ1v) is 6.09. The third-order valence-electron chi connectivity index (χ3n) is 2.79. The van der Waals surface area contributed by atoms with Crippen LogP contribution in [-0.2, 0) is 16.9 Å². The number of aliphatic hydroxyl groups is 1. The molecule has 18 heavy (non-hydrogen) atoms. The van der Waals surface area contributed by atoms with Crippen molar-refractivity contribution in [2.24, 2.45) is 0 Å². The van der Waals surface area contributed by atoms with Gasteiger partial charge in [-0.05, 0) is 13.8 Å². The monoisotopic (exact) mass is 257 g/mol. The van der Waals surface area contributed by atoms with E-state index in [0.29, 0.717) is 37.7 Å². The largest absolute Gasteiger partial charge is 0.493 e. The highest BCUT2D eigenvalue weighted by Crippen LogP contribution is 2.29. The Kier molecular flexibility index (Phi) is 5.58. The first kappa shape index (κ1) is 14.9. The van der Waals surface area contributed by atoms with E-state index in [-0.39, 0.29) is 0 Å². The molecule has 0 aliphatic carbocycles. The highest BCUT2D eigenvalue weighted by atomic mass is 16.5. The third-order valence-corrected chi connectivity index (χ3v) is 2.79. The van der Waals surface area contributed by atoms with E-state index in [9.17, 15) is 5.11 Å². The Labute approximate surface area is 108 Å². The van der Waals surface area contributed by atoms with E-state index in [0.717, 1.165) is 0 Å². The maximum absolute atomic E-state index is 10.6. The summed E-state index contributed by atoms with van der Waals surface area (Å²) in [5.74, 6) is 0.607. The van der Waals surface area contributed by atoms with Gasteiger partial charge < -0.3 is 19.9 Å². The van der Waals surface area contributed by atoms with Gasteiger partial charge in [-0.25, -0.2) is 0 Å². The molecule has 1 aromatic heterocycles. The topological polar surface area (TPSA) is 68.5 Å². The van der Waals surface area contributed by atoms with Crippen LogP contribution in [0.15, 0.2) is 6.20 Å². The number of methoxy groups -OCH3 is 2. The lowest BCUT2D eigenvalue weighted by molar-refractivity contribution is 0.0433. The quantitative estimate of drug-likeness (QED) is 0.658. The Morgan fingerprint density at radius 2 is 2.22 bits per heavy atom. The number of ether oxygens (including phenoxy) is 2. The van der Waals surface area contributed by atoms with Crippen LogP contribution >= 0.6 is 0 Å². The van der Waals surface area contributed by atoms with Crippen molar-refractivity contribution < 1.29 is 14.6 Å². The van der Waals surface area contributed by atoms with Crippen molar-refractivity contribution in [3.8, 4) is 5.75 Å². The van der Waals surface area contributed by atoms with Crippen molar-refractivity contribution in [2.75, 3.05) is 33.9 Å². The van der Waals surface area contributed by atoms with E-state index in [1.807, 2.05) is 6.92 Å². The van der Waals surface area contributed by atoms with Gasteiger partial charge in [0.15, 0.2) is 5.75 Å². The van der Waals surface area contributed by atoms with E-state index in [2.05, 4.69) is 10.4 Å². The fourth-order valence-corrected chi connectivity index (χ4v) is 1.89. The molecular weight excluding hydrogens is 234 g/mol. The third kappa shape index (κ3) is 3.44. The molecule has 0 spiro atoms. The van der Waals surface area contributed by atoms with Gasteiger partial charge in [-0.1, -0.05) is 0 Å². The molecule has 2 N–H and O–H groups in total. The normalized spacial score (nSPS) is 14.5. The number of nitrogens with zero attached hydrogens (tertiary/aromatic N) is 2. The SMILES string of the molecule is CCn1ncc(OC)c1C(C)(O)CNCCOC. The molecule has 0 aromatic carbocycles. The summed E-state index contributed by atoms with van der Waals surface area (Å²) in [5.41, 5.74) is -0.344. The van der Waals surface area contributed by atoms with Gasteiger partial charge in [0.05, 0.1) is 19.9 Å². The van der Waals surface area contributed by atoms with Crippen molar-refractivity contribution >= 4 is 0 Å². The van der Waals surface area contributed by atoms with Crippen LogP contribution in [0.4, 0.5) is 0 Å². The summed E-state index contributed by atoms with van der Waals surface area (Å²) in [6.45, 7) is 6.13. The van der Waals surface area contributed by atoms with Crippen molar-refractivity contribution in [3.63, 3.8) is 0 Å². The van der Waals surface area contributed by atoms with Gasteiger partial charge >= 0.3 is 0 Å². The molecule has 0 aliphatic rings. The molecule has 0 saturated heterocycles. The van der Waals surface area contributed by atoms with Crippen LogP contribution in [0, 0.1) is 0 Å². The Hall–Kier alpha value is -1.11. The molecule has 0 bridgehead atoms. The second-order valence-electron chi connectivity index (χ2n) is 4.32. The predicted octanol–water partition coefficient (Wildman–Crippen LogP) is 0.355. The van der Waals surface area contributed by atoms with Gasteiger partial charge in [0, 0.05) is 26.7 Å². The van der Waals surface area contributed by atoms with E-state index >= 15 is 0 Å². The molecule has 6 heteroatoms. The average molecular weight is 257 g/mol. The zero-order valence-corrected chi connectivity index (χ0v) is 11.6. The van der Waals surface area contributed by atoms with E-state index in [1.54, 1.807) is 32.0 Å². The summed E-state index contributed by atoms with van der Waals surface area (Å²) in [5, 5.41) is 17.9. The number of rotatable bonds is 8. The second kappa shape index (κ2) is 6.72. The van der Waals surface area contributed by atoms with Gasteiger partial charge in [0.1, 0.15) is 11.3 Å². The minimum absolute atomic E-state index is 0.415. The Bertz CT molecular complexity index is 342. The lowest BCUT2D eigenvalue weighted by Crippen LogP contribution is -2.38. The molecule has 0 aliphatic heterocycles. The highest BCUT2D eigenvalue weighted by molar-refractivity contribution is 5.30. The summed E-state index contributed by atoms with van der Waals surface area (Å²) in [6.07, 6.45) is 1.63. The maximum atomic E-state index is 10.6. The number of aromatic nitrogens is 2. The highest BCUT2D eigenvalue weighted by Gasteiger charge is 2.30. The van der Waals surface area contributed by atoms with E-state index in [4.69, 9.17) is 9.47 Å². The van der Waals surface area contributed by atoms with Gasteiger partial charge in [-0.15, -0.1) is 0 Å². The van der Waals surface area contributed by atoms with Crippen LogP contribution in [0.2, 0.25) is 0 Å². The van der Waals surface area contributed by atoms with Gasteiger partial charge in [0.25, 0.3) is 0 Å². The molecule has 6 nitrogen and oxygen atoms in total. The zero-order valence-electron chi connectivity index (χ0n) is 11.6. The molecular formula is C12H23N3O3. The van der Waals surface area contributed by atoms with Crippen molar-refractivity contribution in [2.45, 2.75) is 26.0 Å². The minimum Gasteiger partial charge on any atom is -0.493 e. The Balaban J connectivity index is 2.78. The fourth-order valence-electron chi connectivity index (χ4n) is 1.89. The van der Waals surface area contributed by atoms with Gasteiger partial charge in [-0.2, -0.15) is 5.10 Å². The van der Waals surface area contributed by atoms with Gasteiger partial charge in [-0.3, -0.25) is 4.68 Å². The van der Waals surface area contributed by atoms with Crippen LogP contribution in [0.5, 0.6) is 5.75 Å². The van der Waals surface area contributed by atoms with Crippen LogP contribution in [0.25, 0.3) is 0 Å². The number of hydrogen-bond acceptors (Lipinski definition) is 5. The summed E-state index contributed by atoms with van der Waals surface area (Å²) in [7, 11) is 3.23. The van der Waals surface area contributed by atoms with E-state index in [1.165, 1.54) is 0 Å². The Morgan fingerprint density at radius 1 is 1.50 bits per heavy atom. The predicted molar refractivity (Wildman–Crippen MR) is 68.8 cm³/mol. The lowest BCUT2D eigenvalue weighted by Gasteiger charge is -2.25. The number of nitrogens with one attached hydrogen (secondary N) is 1. The second-order valence-corrected chi connectivity index (χ2v) is 4.32. The molecule has 1 atom stereocenters. The van der Waals surface area contributed by atoms with Crippen LogP contribution < -0.4 is 10.1 Å². The van der Waals surface area contributed by atoms with Crippen LogP contribution in [0.3, 0.4) is 0 Å². The van der Waals surface area contributed by atoms with Crippen molar-refractivity contribution in [3.05, 3.63) is 11.9 Å². The maximum Gasteiger partial charge on any atom is 0.162 e.